The summed E-state index contributed by atoms with van der Waals surface area (Å²) < 4.78 is 0. The van der Waals surface area contributed by atoms with Gasteiger partial charge in [0, 0.05) is 0 Å². The van der Waals surface area contributed by atoms with E-state index in [1.807, 2.05) is 0 Å². The maximum absolute atomic E-state index is 5.63. The molecule has 0 spiro atoms. The fraction of sp³-hybridized carbons (Fsp3) is 0.714. The van der Waals surface area contributed by atoms with E-state index in [1.165, 1.54) is 0 Å². The van der Waals surface area contributed by atoms with Crippen LogP contribution < -0.4 is 0 Å². The highest BCUT2D eigenvalue weighted by atomic mass is 31.1. The van der Waals surface area contributed by atoms with Crippen LogP contribution in [0.4, 0.5) is 0 Å². The third kappa shape index (κ3) is 5.35. The lowest BCUT2D eigenvalue weighted by molar-refractivity contribution is 0.781. The average Bonchev–Trinajstić information content (AvgIpc) is 2.08. The van der Waals surface area contributed by atoms with Crippen molar-refractivity contribution in [1.29, 1.82) is 0 Å². The lowest BCUT2D eigenvalue weighted by atomic mass is 10.3. The second kappa shape index (κ2) is 6.06. The summed E-state index contributed by atoms with van der Waals surface area (Å²) in [6.45, 7) is 13.4. The fourth-order valence-corrected chi connectivity index (χ4v) is 5.36. The van der Waals surface area contributed by atoms with Gasteiger partial charge in [-0.1, -0.05) is 52.9 Å². The molecule has 0 aromatic heterocycles. The molecule has 0 aliphatic rings. The first-order valence-corrected chi connectivity index (χ1v) is 8.66. The molecule has 0 fully saturated rings. The van der Waals surface area contributed by atoms with Gasteiger partial charge in [-0.15, -0.1) is 12.8 Å². The molecule has 0 N–H and O–H groups in total. The molecular weight excluding hydrogens is 230 g/mol. The van der Waals surface area contributed by atoms with Gasteiger partial charge < -0.3 is 0 Å². The Balaban J connectivity index is 4.45. The van der Waals surface area contributed by atoms with E-state index < -0.39 is 0 Å². The molecule has 0 bridgehead atoms. The van der Waals surface area contributed by atoms with Crippen LogP contribution in [0, 0.1) is 24.2 Å². The van der Waals surface area contributed by atoms with Crippen molar-refractivity contribution in [3.63, 3.8) is 0 Å². The van der Waals surface area contributed by atoms with Gasteiger partial charge >= 0.3 is 0 Å². The Morgan fingerprint density at radius 3 is 1.12 bits per heavy atom. The Morgan fingerprint density at radius 1 is 0.750 bits per heavy atom. The second-order valence-electron chi connectivity index (χ2n) is 5.90. The zero-order chi connectivity index (χ0) is 13.0. The SMILES string of the molecule is C#C[P@@](CC[P@](C#C)C(C)(C)C)C(C)(C)C. The summed E-state index contributed by atoms with van der Waals surface area (Å²) in [5.41, 5.74) is 5.96. The molecule has 0 unspecified atom stereocenters. The van der Waals surface area contributed by atoms with Crippen LogP contribution >= 0.6 is 15.8 Å². The Morgan fingerprint density at radius 2 is 1.00 bits per heavy atom. The Bertz CT molecular complexity index is 259. The summed E-state index contributed by atoms with van der Waals surface area (Å²) >= 11 is 0. The zero-order valence-corrected chi connectivity index (χ0v) is 13.3. The van der Waals surface area contributed by atoms with Crippen LogP contribution in [0.15, 0.2) is 0 Å². The van der Waals surface area contributed by atoms with Crippen LogP contribution in [0.25, 0.3) is 0 Å². The summed E-state index contributed by atoms with van der Waals surface area (Å²) in [7, 11) is -0.673. The molecule has 0 heterocycles. The summed E-state index contributed by atoms with van der Waals surface area (Å²) in [6.07, 6.45) is 13.5. The maximum Gasteiger partial charge on any atom is -0.00681 e. The standard InChI is InChI=1S/C14H24P2/c1-9-15(13(3,4)5)11-12-16(10-2)14(6,7)8/h1-2H,11-12H2,3-8H3/t15-,16-/m0/s1. The highest BCUT2D eigenvalue weighted by Crippen LogP contribution is 2.54. The van der Waals surface area contributed by atoms with Crippen LogP contribution in [0.5, 0.6) is 0 Å². The lowest BCUT2D eigenvalue weighted by Gasteiger charge is -2.31. The molecule has 2 atom stereocenters. The Hall–Kier alpha value is -0.0200. The van der Waals surface area contributed by atoms with Crippen molar-refractivity contribution in [1.82, 2.24) is 0 Å². The highest BCUT2D eigenvalue weighted by Gasteiger charge is 2.27. The summed E-state index contributed by atoms with van der Waals surface area (Å²) in [4.78, 5) is 0. The monoisotopic (exact) mass is 254 g/mol. The van der Waals surface area contributed by atoms with Crippen LogP contribution in [-0.2, 0) is 0 Å². The van der Waals surface area contributed by atoms with Gasteiger partial charge in [-0.2, -0.15) is 0 Å². The van der Waals surface area contributed by atoms with Gasteiger partial charge in [-0.25, -0.2) is 0 Å². The van der Waals surface area contributed by atoms with E-state index in [9.17, 15) is 0 Å². The molecular formula is C14H24P2. The van der Waals surface area contributed by atoms with Crippen LogP contribution in [0.2, 0.25) is 0 Å². The van der Waals surface area contributed by atoms with Gasteiger partial charge in [0.25, 0.3) is 0 Å². The van der Waals surface area contributed by atoms with Crippen molar-refractivity contribution >= 4 is 15.8 Å². The summed E-state index contributed by atoms with van der Waals surface area (Å²) in [6, 6.07) is 0. The molecule has 2 heteroatoms. The number of hydrogen-bond acceptors (Lipinski definition) is 0. The minimum atomic E-state index is -0.336. The molecule has 0 saturated heterocycles. The molecule has 0 aliphatic carbocycles. The predicted octanol–water partition coefficient (Wildman–Crippen LogP) is 4.73. The van der Waals surface area contributed by atoms with Crippen molar-refractivity contribution in [2.24, 2.45) is 0 Å². The molecule has 0 aliphatic heterocycles. The topological polar surface area (TPSA) is 0 Å². The number of rotatable bonds is 3. The first-order valence-electron chi connectivity index (χ1n) is 5.60. The van der Waals surface area contributed by atoms with Gasteiger partial charge in [-0.05, 0) is 38.5 Å². The normalized spacial score (nSPS) is 16.0. The molecule has 16 heavy (non-hydrogen) atoms. The van der Waals surface area contributed by atoms with E-state index >= 15 is 0 Å². The average molecular weight is 254 g/mol. The summed E-state index contributed by atoms with van der Waals surface area (Å²) in [5, 5.41) is 0.495. The largest absolute Gasteiger partial charge is 0.115 e. The third-order valence-electron chi connectivity index (χ3n) is 2.48. The van der Waals surface area contributed by atoms with Gasteiger partial charge in [-0.3, -0.25) is 0 Å². The third-order valence-corrected chi connectivity index (χ3v) is 8.04. The van der Waals surface area contributed by atoms with Gasteiger partial charge in [0.2, 0.25) is 0 Å². The molecule has 0 nitrogen and oxygen atoms in total. The Kier molecular flexibility index (Phi) is 6.05. The minimum Gasteiger partial charge on any atom is -0.115 e. The van der Waals surface area contributed by atoms with Crippen LogP contribution in [0.1, 0.15) is 41.5 Å². The minimum absolute atomic E-state index is 0.248. The van der Waals surface area contributed by atoms with E-state index in [1.54, 1.807) is 0 Å². The molecule has 0 radical (unpaired) electrons. The van der Waals surface area contributed by atoms with Crippen molar-refractivity contribution < 1.29 is 0 Å². The van der Waals surface area contributed by atoms with Crippen molar-refractivity contribution in [2.45, 2.75) is 51.9 Å². The Labute approximate surface area is 104 Å². The molecule has 90 valence electrons. The van der Waals surface area contributed by atoms with Crippen molar-refractivity contribution in [2.75, 3.05) is 12.3 Å². The predicted molar refractivity (Wildman–Crippen MR) is 80.7 cm³/mol. The first kappa shape index (κ1) is 16.0. The molecule has 0 saturated carbocycles. The van der Waals surface area contributed by atoms with Gasteiger partial charge in [0.1, 0.15) is 0 Å². The van der Waals surface area contributed by atoms with Gasteiger partial charge in [0.15, 0.2) is 0 Å². The second-order valence-corrected chi connectivity index (χ2v) is 11.7. The molecule has 0 aromatic carbocycles. The smallest absolute Gasteiger partial charge is 0.00681 e. The number of terminal acetylenes is 2. The zero-order valence-electron chi connectivity index (χ0n) is 11.5. The van der Waals surface area contributed by atoms with Crippen molar-refractivity contribution in [3.8, 4) is 24.2 Å². The quantitative estimate of drug-likeness (QED) is 0.504. The highest BCUT2D eigenvalue weighted by molar-refractivity contribution is 7.68. The van der Waals surface area contributed by atoms with Crippen LogP contribution in [0.3, 0.4) is 0 Å². The van der Waals surface area contributed by atoms with E-state index in [2.05, 4.69) is 52.9 Å². The van der Waals surface area contributed by atoms with E-state index in [0.717, 1.165) is 12.3 Å². The molecule has 0 amide bonds. The van der Waals surface area contributed by atoms with E-state index in [0.29, 0.717) is 0 Å². The van der Waals surface area contributed by atoms with E-state index in [-0.39, 0.29) is 26.2 Å². The first-order chi connectivity index (χ1) is 7.12. The summed E-state index contributed by atoms with van der Waals surface area (Å²) in [5.74, 6) is 0. The molecule has 0 aromatic rings. The van der Waals surface area contributed by atoms with E-state index in [4.69, 9.17) is 12.8 Å². The lowest BCUT2D eigenvalue weighted by Crippen LogP contribution is -2.17. The van der Waals surface area contributed by atoms with Crippen molar-refractivity contribution in [3.05, 3.63) is 0 Å². The van der Waals surface area contributed by atoms with Crippen LogP contribution in [-0.4, -0.2) is 22.6 Å². The van der Waals surface area contributed by atoms with Gasteiger partial charge in [0.05, 0.1) is 0 Å². The number of hydrogen-bond donors (Lipinski definition) is 0. The fourth-order valence-electron chi connectivity index (χ4n) is 1.39. The maximum atomic E-state index is 5.63. The molecule has 0 rings (SSSR count).